The first kappa shape index (κ1) is 17.7. The van der Waals surface area contributed by atoms with E-state index < -0.39 is 18.4 Å². The number of nitrogens with one attached hydrogen (secondary N) is 2. The molecule has 8 nitrogen and oxygen atoms in total. The van der Waals surface area contributed by atoms with Gasteiger partial charge in [0.2, 0.25) is 0 Å². The van der Waals surface area contributed by atoms with Crippen molar-refractivity contribution in [2.45, 2.75) is 30.6 Å². The van der Waals surface area contributed by atoms with Crippen molar-refractivity contribution in [3.05, 3.63) is 30.3 Å². The Morgan fingerprint density at radius 1 is 1.19 bits per heavy atom. The van der Waals surface area contributed by atoms with Gasteiger partial charge in [0.1, 0.15) is 6.10 Å². The summed E-state index contributed by atoms with van der Waals surface area (Å²) < 4.78 is 11.7. The largest absolute Gasteiger partial charge is 0.389 e. The Bertz CT molecular complexity index is 623. The molecule has 0 aromatic heterocycles. The maximum atomic E-state index is 12.4. The predicted octanol–water partition coefficient (Wildman–Crippen LogP) is -0.0913. The molecule has 2 amide bonds. The molecular weight excluding hydrogens is 336 g/mol. The van der Waals surface area contributed by atoms with Gasteiger partial charge in [0.15, 0.2) is 6.29 Å². The Hall–Kier alpha value is -1.71. The minimum atomic E-state index is -0.744. The van der Waals surface area contributed by atoms with Crippen LogP contribution < -0.4 is 10.6 Å². The van der Waals surface area contributed by atoms with Crippen molar-refractivity contribution < 1.29 is 19.4 Å². The molecule has 3 aliphatic rings. The topological polar surface area (TPSA) is 86.3 Å². The van der Waals surface area contributed by atoms with Gasteiger partial charge in [-0.1, -0.05) is 18.2 Å². The predicted molar refractivity (Wildman–Crippen MR) is 95.9 cm³/mol. The van der Waals surface area contributed by atoms with Crippen LogP contribution in [0.3, 0.4) is 0 Å². The number of urea groups is 1. The van der Waals surface area contributed by atoms with Gasteiger partial charge in [0.05, 0.1) is 24.8 Å². The maximum Gasteiger partial charge on any atom is 0.319 e. The number of anilines is 1. The van der Waals surface area contributed by atoms with E-state index in [0.29, 0.717) is 12.3 Å². The zero-order chi connectivity index (χ0) is 18.1. The fourth-order valence-corrected chi connectivity index (χ4v) is 3.93. The van der Waals surface area contributed by atoms with E-state index in [1.165, 1.54) is 0 Å². The number of para-hydroxylation sites is 1. The molecule has 0 saturated carbocycles. The lowest BCUT2D eigenvalue weighted by Crippen LogP contribution is -2.67. The van der Waals surface area contributed by atoms with Gasteiger partial charge >= 0.3 is 6.03 Å². The van der Waals surface area contributed by atoms with Crippen LogP contribution in [0.2, 0.25) is 0 Å². The van der Waals surface area contributed by atoms with Gasteiger partial charge in [0, 0.05) is 31.9 Å². The highest BCUT2D eigenvalue weighted by Crippen LogP contribution is 2.31. The number of fused-ring (bicyclic) bond motifs is 2. The quantitative estimate of drug-likeness (QED) is 0.697. The average molecular weight is 362 g/mol. The van der Waals surface area contributed by atoms with Crippen molar-refractivity contribution >= 4 is 11.7 Å². The number of carbonyl (C=O) groups is 1. The molecule has 2 bridgehead atoms. The highest BCUT2D eigenvalue weighted by Gasteiger charge is 2.52. The first-order valence-corrected chi connectivity index (χ1v) is 9.12. The van der Waals surface area contributed by atoms with E-state index in [4.69, 9.17) is 9.47 Å². The third-order valence-electron chi connectivity index (χ3n) is 5.42. The summed E-state index contributed by atoms with van der Waals surface area (Å²) >= 11 is 0. The van der Waals surface area contributed by atoms with Gasteiger partial charge < -0.3 is 30.1 Å². The van der Waals surface area contributed by atoms with E-state index in [1.807, 2.05) is 30.3 Å². The molecular formula is C18H26N4O4. The van der Waals surface area contributed by atoms with Crippen molar-refractivity contribution in [2.24, 2.45) is 0 Å². The molecule has 142 valence electrons. The number of likely N-dealkylation sites (N-methyl/N-ethyl adjacent to an activating group) is 1. The molecule has 1 aromatic carbocycles. The molecule has 3 N–H and O–H groups in total. The van der Waals surface area contributed by atoms with E-state index in [1.54, 1.807) is 0 Å². The van der Waals surface area contributed by atoms with E-state index in [-0.39, 0.29) is 18.2 Å². The lowest BCUT2D eigenvalue weighted by atomic mass is 9.94. The van der Waals surface area contributed by atoms with E-state index in [2.05, 4.69) is 27.5 Å². The van der Waals surface area contributed by atoms with Crippen LogP contribution >= 0.6 is 0 Å². The van der Waals surface area contributed by atoms with Crippen molar-refractivity contribution in [2.75, 3.05) is 45.2 Å². The summed E-state index contributed by atoms with van der Waals surface area (Å²) in [6.07, 6.45) is -1.51. The first-order chi connectivity index (χ1) is 12.6. The molecule has 0 unspecified atom stereocenters. The summed E-state index contributed by atoms with van der Waals surface area (Å²) in [4.78, 5) is 16.8. The smallest absolute Gasteiger partial charge is 0.319 e. The number of nitrogens with zero attached hydrogens (tertiary/aromatic N) is 2. The van der Waals surface area contributed by atoms with Crippen LogP contribution in [-0.4, -0.2) is 91.4 Å². The number of carbonyl (C=O) groups excluding carboxylic acids is 1. The van der Waals surface area contributed by atoms with Gasteiger partial charge in [0.25, 0.3) is 0 Å². The molecule has 1 aromatic rings. The Morgan fingerprint density at radius 2 is 1.92 bits per heavy atom. The van der Waals surface area contributed by atoms with Crippen LogP contribution in [0.1, 0.15) is 0 Å². The van der Waals surface area contributed by atoms with Gasteiger partial charge in [-0.2, -0.15) is 0 Å². The molecule has 0 radical (unpaired) electrons. The Morgan fingerprint density at radius 3 is 2.65 bits per heavy atom. The van der Waals surface area contributed by atoms with E-state index in [9.17, 15) is 9.90 Å². The molecule has 4 rings (SSSR count). The van der Waals surface area contributed by atoms with Crippen molar-refractivity contribution in [1.82, 2.24) is 15.1 Å². The Balaban J connectivity index is 1.43. The summed E-state index contributed by atoms with van der Waals surface area (Å²) in [6.45, 7) is 3.93. The van der Waals surface area contributed by atoms with Crippen LogP contribution in [0.5, 0.6) is 0 Å². The maximum absolute atomic E-state index is 12.4. The van der Waals surface area contributed by atoms with Gasteiger partial charge in [-0.15, -0.1) is 0 Å². The van der Waals surface area contributed by atoms with Crippen LogP contribution in [0.15, 0.2) is 30.3 Å². The summed E-state index contributed by atoms with van der Waals surface area (Å²) in [5.41, 5.74) is 0.701. The number of amides is 2. The number of ether oxygens (including phenoxy) is 2. The number of benzene rings is 1. The number of aliphatic hydroxyl groups is 1. The molecule has 8 heteroatoms. The second kappa shape index (κ2) is 7.50. The molecule has 3 heterocycles. The SMILES string of the molecule is CN1CCN([C@H]2[C@@H]3OC[C@@H](O3)[C@@H](NC(=O)Nc3ccccc3)[C@@H]2O)CC1. The first-order valence-electron chi connectivity index (χ1n) is 9.12. The molecule has 3 aliphatic heterocycles. The molecule has 26 heavy (non-hydrogen) atoms. The van der Waals surface area contributed by atoms with Gasteiger partial charge in [-0.05, 0) is 19.2 Å². The second-order valence-corrected chi connectivity index (χ2v) is 7.19. The fourth-order valence-electron chi connectivity index (χ4n) is 3.93. The summed E-state index contributed by atoms with van der Waals surface area (Å²) in [5.74, 6) is 0. The van der Waals surface area contributed by atoms with Crippen molar-refractivity contribution in [3.63, 3.8) is 0 Å². The number of rotatable bonds is 3. The Kier molecular flexibility index (Phi) is 5.10. The fraction of sp³-hybridized carbons (Fsp3) is 0.611. The number of hydrogen-bond donors (Lipinski definition) is 3. The third kappa shape index (κ3) is 3.56. The molecule has 3 fully saturated rings. The number of piperazine rings is 1. The second-order valence-electron chi connectivity index (χ2n) is 7.19. The average Bonchev–Trinajstić information content (AvgIpc) is 3.07. The van der Waals surface area contributed by atoms with Crippen molar-refractivity contribution in [1.29, 1.82) is 0 Å². The number of aliphatic hydroxyl groups excluding tert-OH is 1. The highest BCUT2D eigenvalue weighted by atomic mass is 16.7. The summed E-state index contributed by atoms with van der Waals surface area (Å²) in [7, 11) is 2.09. The minimum absolute atomic E-state index is 0.274. The lowest BCUT2D eigenvalue weighted by molar-refractivity contribution is -0.184. The zero-order valence-electron chi connectivity index (χ0n) is 14.9. The highest BCUT2D eigenvalue weighted by molar-refractivity contribution is 5.89. The van der Waals surface area contributed by atoms with Gasteiger partial charge in [-0.25, -0.2) is 4.79 Å². The van der Waals surface area contributed by atoms with Crippen LogP contribution in [-0.2, 0) is 9.47 Å². The summed E-state index contributed by atoms with van der Waals surface area (Å²) in [6, 6.07) is 8.08. The summed E-state index contributed by atoms with van der Waals surface area (Å²) in [5, 5.41) is 16.7. The van der Waals surface area contributed by atoms with Crippen LogP contribution in [0, 0.1) is 0 Å². The number of hydrogen-bond acceptors (Lipinski definition) is 6. The monoisotopic (exact) mass is 362 g/mol. The molecule has 5 atom stereocenters. The Labute approximate surface area is 153 Å². The van der Waals surface area contributed by atoms with Crippen molar-refractivity contribution in [3.8, 4) is 0 Å². The van der Waals surface area contributed by atoms with E-state index in [0.717, 1.165) is 26.2 Å². The lowest BCUT2D eigenvalue weighted by Gasteiger charge is -2.46. The molecule has 3 saturated heterocycles. The minimum Gasteiger partial charge on any atom is -0.389 e. The normalized spacial score (nSPS) is 35.2. The molecule has 0 spiro atoms. The molecule has 0 aliphatic carbocycles. The van der Waals surface area contributed by atoms with Crippen LogP contribution in [0.25, 0.3) is 0 Å². The van der Waals surface area contributed by atoms with Crippen LogP contribution in [0.4, 0.5) is 10.5 Å². The third-order valence-corrected chi connectivity index (χ3v) is 5.42. The van der Waals surface area contributed by atoms with E-state index >= 15 is 0 Å². The standard InChI is InChI=1S/C18H26N4O4/c1-21-7-9-22(10-8-21)15-16(23)14(13-11-25-17(15)26-13)20-18(24)19-12-5-3-2-4-6-12/h2-6,13-17,23H,7-11H2,1H3,(H2,19,20,24)/t13-,14-,15-,16+,17-/m1/s1. The zero-order valence-corrected chi connectivity index (χ0v) is 14.9. The van der Waals surface area contributed by atoms with Gasteiger partial charge in [-0.3, -0.25) is 4.90 Å².